The Morgan fingerprint density at radius 1 is 1.22 bits per heavy atom. The summed E-state index contributed by atoms with van der Waals surface area (Å²) in [5, 5.41) is 12.6. The van der Waals surface area contributed by atoms with Crippen LogP contribution >= 0.6 is 0 Å². The maximum absolute atomic E-state index is 11.9. The summed E-state index contributed by atoms with van der Waals surface area (Å²) in [6.45, 7) is 4.15. The molecule has 0 aliphatic heterocycles. The number of hydrogen-bond acceptors (Lipinski definition) is 3. The van der Waals surface area contributed by atoms with E-state index in [1.807, 2.05) is 40.0 Å². The Hall–Kier alpha value is -2.63. The highest BCUT2D eigenvalue weighted by atomic mass is 16.1. The van der Waals surface area contributed by atoms with E-state index in [9.17, 15) is 4.79 Å². The zero-order valence-electron chi connectivity index (χ0n) is 13.3. The summed E-state index contributed by atoms with van der Waals surface area (Å²) in [7, 11) is 0. The van der Waals surface area contributed by atoms with Gasteiger partial charge in [0.1, 0.15) is 0 Å². The summed E-state index contributed by atoms with van der Waals surface area (Å²) in [5.41, 5.74) is 2.29. The largest absolute Gasteiger partial charge is 0.356 e. The van der Waals surface area contributed by atoms with Gasteiger partial charge in [-0.25, -0.2) is 0 Å². The van der Waals surface area contributed by atoms with Crippen LogP contribution in [0.3, 0.4) is 0 Å². The Balaban J connectivity index is 1.44. The van der Waals surface area contributed by atoms with Gasteiger partial charge in [-0.2, -0.15) is 10.2 Å². The van der Waals surface area contributed by atoms with E-state index in [1.165, 1.54) is 5.56 Å². The summed E-state index contributed by atoms with van der Waals surface area (Å²) in [4.78, 5) is 11.9. The third-order valence-corrected chi connectivity index (χ3v) is 3.90. The Labute approximate surface area is 135 Å². The van der Waals surface area contributed by atoms with E-state index in [1.54, 1.807) is 6.20 Å². The van der Waals surface area contributed by atoms with Crippen LogP contribution in [0.15, 0.2) is 42.9 Å². The molecular formula is C17H21N5O. The number of benzene rings is 1. The van der Waals surface area contributed by atoms with Crippen LogP contribution in [0.1, 0.15) is 18.4 Å². The molecule has 3 aromatic rings. The van der Waals surface area contributed by atoms with Crippen molar-refractivity contribution in [1.82, 2.24) is 24.9 Å². The van der Waals surface area contributed by atoms with Crippen molar-refractivity contribution in [1.29, 1.82) is 0 Å². The molecule has 120 valence electrons. The van der Waals surface area contributed by atoms with Crippen LogP contribution in [0.2, 0.25) is 0 Å². The van der Waals surface area contributed by atoms with Crippen molar-refractivity contribution in [2.24, 2.45) is 0 Å². The van der Waals surface area contributed by atoms with Crippen LogP contribution in [0, 0.1) is 6.92 Å². The SMILES string of the molecule is Cc1cccc2c1cnn2CCC(=O)NCCCn1cccn1. The van der Waals surface area contributed by atoms with E-state index < -0.39 is 0 Å². The second kappa shape index (κ2) is 7.09. The highest BCUT2D eigenvalue weighted by Crippen LogP contribution is 2.17. The number of aryl methyl sites for hydroxylation is 3. The second-order valence-corrected chi connectivity index (χ2v) is 5.60. The number of hydrogen-bond donors (Lipinski definition) is 1. The van der Waals surface area contributed by atoms with Crippen molar-refractivity contribution in [2.75, 3.05) is 6.54 Å². The number of aromatic nitrogens is 4. The molecule has 0 fully saturated rings. The zero-order valence-corrected chi connectivity index (χ0v) is 13.3. The molecule has 1 amide bonds. The highest BCUT2D eigenvalue weighted by molar-refractivity contribution is 5.82. The highest BCUT2D eigenvalue weighted by Gasteiger charge is 2.06. The summed E-state index contributed by atoms with van der Waals surface area (Å²) < 4.78 is 3.76. The molecule has 3 rings (SSSR count). The molecule has 0 saturated carbocycles. The molecule has 0 spiro atoms. The number of fused-ring (bicyclic) bond motifs is 1. The first-order valence-electron chi connectivity index (χ1n) is 7.89. The number of amides is 1. The molecule has 2 aromatic heterocycles. The van der Waals surface area contributed by atoms with Crippen molar-refractivity contribution >= 4 is 16.8 Å². The molecule has 1 N–H and O–H groups in total. The number of nitrogens with one attached hydrogen (secondary N) is 1. The van der Waals surface area contributed by atoms with E-state index in [0.29, 0.717) is 19.5 Å². The lowest BCUT2D eigenvalue weighted by Crippen LogP contribution is -2.26. The quantitative estimate of drug-likeness (QED) is 0.680. The molecule has 6 nitrogen and oxygen atoms in total. The van der Waals surface area contributed by atoms with Crippen molar-refractivity contribution < 1.29 is 4.79 Å². The molecule has 0 aliphatic rings. The van der Waals surface area contributed by atoms with Gasteiger partial charge in [-0.05, 0) is 31.0 Å². The van der Waals surface area contributed by atoms with Crippen LogP contribution in [0.4, 0.5) is 0 Å². The summed E-state index contributed by atoms with van der Waals surface area (Å²) >= 11 is 0. The average molecular weight is 311 g/mol. The number of rotatable bonds is 7. The topological polar surface area (TPSA) is 64.7 Å². The maximum Gasteiger partial charge on any atom is 0.221 e. The van der Waals surface area contributed by atoms with Crippen LogP contribution in [-0.2, 0) is 17.9 Å². The lowest BCUT2D eigenvalue weighted by molar-refractivity contribution is -0.121. The minimum absolute atomic E-state index is 0.0572. The van der Waals surface area contributed by atoms with Gasteiger partial charge in [0.2, 0.25) is 5.91 Å². The Morgan fingerprint density at radius 3 is 2.96 bits per heavy atom. The summed E-state index contributed by atoms with van der Waals surface area (Å²) in [6, 6.07) is 8.03. The Bertz CT molecular complexity index is 775. The van der Waals surface area contributed by atoms with E-state index in [2.05, 4.69) is 28.5 Å². The number of nitrogens with zero attached hydrogens (tertiary/aromatic N) is 4. The molecule has 2 heterocycles. The maximum atomic E-state index is 11.9. The smallest absolute Gasteiger partial charge is 0.221 e. The van der Waals surface area contributed by atoms with Crippen molar-refractivity contribution in [3.05, 3.63) is 48.4 Å². The zero-order chi connectivity index (χ0) is 16.1. The number of carbonyl (C=O) groups excluding carboxylic acids is 1. The van der Waals surface area contributed by atoms with Gasteiger partial charge in [-0.1, -0.05) is 12.1 Å². The third kappa shape index (κ3) is 3.77. The molecule has 0 saturated heterocycles. The molecular weight excluding hydrogens is 290 g/mol. The molecule has 0 aliphatic carbocycles. The first kappa shape index (κ1) is 15.3. The molecule has 1 aromatic carbocycles. The molecule has 23 heavy (non-hydrogen) atoms. The monoisotopic (exact) mass is 311 g/mol. The standard InChI is InChI=1S/C17H21N5O/c1-14-5-2-6-16-15(14)13-20-22(16)12-7-17(23)18-8-3-10-21-11-4-9-19-21/h2,4-6,9,11,13H,3,7-8,10,12H2,1H3,(H,18,23). The fourth-order valence-corrected chi connectivity index (χ4v) is 2.62. The van der Waals surface area contributed by atoms with E-state index in [4.69, 9.17) is 0 Å². The van der Waals surface area contributed by atoms with Crippen LogP contribution in [0.25, 0.3) is 10.9 Å². The predicted octanol–water partition coefficient (Wildman–Crippen LogP) is 2.14. The van der Waals surface area contributed by atoms with Crippen LogP contribution in [-0.4, -0.2) is 32.0 Å². The summed E-state index contributed by atoms with van der Waals surface area (Å²) in [5.74, 6) is 0.0572. The van der Waals surface area contributed by atoms with Crippen molar-refractivity contribution in [3.8, 4) is 0 Å². The van der Waals surface area contributed by atoms with Gasteiger partial charge < -0.3 is 5.32 Å². The molecule has 6 heteroatoms. The first-order chi connectivity index (χ1) is 11.2. The van der Waals surface area contributed by atoms with E-state index in [0.717, 1.165) is 23.9 Å². The minimum atomic E-state index is 0.0572. The third-order valence-electron chi connectivity index (χ3n) is 3.90. The lowest BCUT2D eigenvalue weighted by Gasteiger charge is -2.07. The first-order valence-corrected chi connectivity index (χ1v) is 7.89. The van der Waals surface area contributed by atoms with Gasteiger partial charge in [-0.15, -0.1) is 0 Å². The van der Waals surface area contributed by atoms with E-state index >= 15 is 0 Å². The molecule has 0 bridgehead atoms. The van der Waals surface area contributed by atoms with Crippen LogP contribution in [0.5, 0.6) is 0 Å². The Kier molecular flexibility index (Phi) is 4.71. The molecule has 0 atom stereocenters. The lowest BCUT2D eigenvalue weighted by atomic mass is 10.1. The van der Waals surface area contributed by atoms with Gasteiger partial charge in [0.05, 0.1) is 18.3 Å². The Morgan fingerprint density at radius 2 is 2.13 bits per heavy atom. The van der Waals surface area contributed by atoms with E-state index in [-0.39, 0.29) is 5.91 Å². The summed E-state index contributed by atoms with van der Waals surface area (Å²) in [6.07, 6.45) is 6.86. The minimum Gasteiger partial charge on any atom is -0.356 e. The van der Waals surface area contributed by atoms with Gasteiger partial charge in [0.25, 0.3) is 0 Å². The normalized spacial score (nSPS) is 11.0. The molecule has 0 unspecified atom stereocenters. The van der Waals surface area contributed by atoms with Crippen LogP contribution < -0.4 is 5.32 Å². The fourth-order valence-electron chi connectivity index (χ4n) is 2.62. The van der Waals surface area contributed by atoms with Gasteiger partial charge in [0.15, 0.2) is 0 Å². The van der Waals surface area contributed by atoms with Crippen molar-refractivity contribution in [2.45, 2.75) is 32.9 Å². The van der Waals surface area contributed by atoms with Gasteiger partial charge in [0, 0.05) is 37.3 Å². The average Bonchev–Trinajstić information content (AvgIpc) is 3.20. The predicted molar refractivity (Wildman–Crippen MR) is 88.9 cm³/mol. The van der Waals surface area contributed by atoms with Gasteiger partial charge >= 0.3 is 0 Å². The number of carbonyl (C=O) groups is 1. The fraction of sp³-hybridized carbons (Fsp3) is 0.353. The molecule has 0 radical (unpaired) electrons. The van der Waals surface area contributed by atoms with Gasteiger partial charge in [-0.3, -0.25) is 14.2 Å². The van der Waals surface area contributed by atoms with Crippen molar-refractivity contribution in [3.63, 3.8) is 0 Å². The second-order valence-electron chi connectivity index (χ2n) is 5.60.